The number of hydrogen-bond acceptors (Lipinski definition) is 6. The summed E-state index contributed by atoms with van der Waals surface area (Å²) >= 11 is 1.73. The molecular weight excluding hydrogens is 352 g/mol. The van der Waals surface area contributed by atoms with Gasteiger partial charge in [-0.25, -0.2) is 0 Å². The molecule has 0 unspecified atom stereocenters. The predicted molar refractivity (Wildman–Crippen MR) is 97.8 cm³/mol. The van der Waals surface area contributed by atoms with Crippen molar-refractivity contribution in [2.45, 2.75) is 53.2 Å². The van der Waals surface area contributed by atoms with E-state index in [0.29, 0.717) is 24.5 Å². The van der Waals surface area contributed by atoms with Crippen LogP contribution in [0.3, 0.4) is 0 Å². The van der Waals surface area contributed by atoms with Crippen molar-refractivity contribution in [1.29, 1.82) is 0 Å². The number of hydrogen-bond donors (Lipinski definition) is 0. The van der Waals surface area contributed by atoms with Crippen molar-refractivity contribution >= 4 is 23.2 Å². The first-order chi connectivity index (χ1) is 12.4. The highest BCUT2D eigenvalue weighted by Gasteiger charge is 2.33. The molecule has 3 rings (SSSR count). The van der Waals surface area contributed by atoms with Crippen LogP contribution in [0.4, 0.5) is 0 Å². The molecule has 1 atom stereocenters. The van der Waals surface area contributed by atoms with E-state index >= 15 is 0 Å². The van der Waals surface area contributed by atoms with Gasteiger partial charge in [-0.2, -0.15) is 0 Å². The second-order valence-electron chi connectivity index (χ2n) is 7.01. The Bertz CT molecular complexity index is 789. The van der Waals surface area contributed by atoms with Crippen LogP contribution in [0.25, 0.3) is 0 Å². The van der Waals surface area contributed by atoms with E-state index in [2.05, 4.69) is 16.6 Å². The number of rotatable bonds is 5. The van der Waals surface area contributed by atoms with Crippen molar-refractivity contribution in [3.8, 4) is 0 Å². The Hall–Kier alpha value is -2.15. The van der Waals surface area contributed by atoms with Crippen LogP contribution in [-0.4, -0.2) is 34.6 Å². The lowest BCUT2D eigenvalue weighted by Gasteiger charge is -2.31. The molecule has 140 valence electrons. The van der Waals surface area contributed by atoms with Crippen molar-refractivity contribution in [2.75, 3.05) is 6.54 Å². The lowest BCUT2D eigenvalue weighted by atomic mass is 10.0. The van der Waals surface area contributed by atoms with Crippen LogP contribution in [0.15, 0.2) is 16.0 Å². The molecule has 2 aromatic heterocycles. The Kier molecular flexibility index (Phi) is 5.46. The van der Waals surface area contributed by atoms with E-state index in [4.69, 9.17) is 9.26 Å². The number of esters is 1. The molecule has 0 spiro atoms. The van der Waals surface area contributed by atoms with Crippen LogP contribution in [-0.2, 0) is 33.7 Å². The molecule has 2 aromatic rings. The molecule has 0 fully saturated rings. The highest BCUT2D eigenvalue weighted by molar-refractivity contribution is 7.10. The number of thiophene rings is 1. The van der Waals surface area contributed by atoms with Gasteiger partial charge in [0.15, 0.2) is 6.10 Å². The Morgan fingerprint density at radius 3 is 2.81 bits per heavy atom. The van der Waals surface area contributed by atoms with E-state index in [-0.39, 0.29) is 18.2 Å². The smallest absolute Gasteiger partial charge is 0.311 e. The minimum absolute atomic E-state index is 0.0619. The van der Waals surface area contributed by atoms with Crippen molar-refractivity contribution in [1.82, 2.24) is 10.1 Å². The molecule has 0 aromatic carbocycles. The van der Waals surface area contributed by atoms with Gasteiger partial charge in [0, 0.05) is 23.5 Å². The van der Waals surface area contributed by atoms with E-state index in [9.17, 15) is 9.59 Å². The van der Waals surface area contributed by atoms with Crippen LogP contribution in [0.1, 0.15) is 41.3 Å². The SMILES string of the molecule is Cc1noc(C)c1CC(=O)O[C@@H](C(=O)N1CCc2sccc2C1)C(C)C. The van der Waals surface area contributed by atoms with Gasteiger partial charge < -0.3 is 14.2 Å². The standard InChI is InChI=1S/C19H24N2O4S/c1-11(2)18(24-17(22)9-15-12(3)20-25-13(15)4)19(23)21-7-5-16-14(10-21)6-8-26-16/h6,8,11,18H,5,7,9-10H2,1-4H3/t18-/m1/s1. The maximum Gasteiger partial charge on any atom is 0.311 e. The first-order valence-corrected chi connectivity index (χ1v) is 9.70. The molecule has 1 aliphatic heterocycles. The minimum atomic E-state index is -0.775. The fourth-order valence-corrected chi connectivity index (χ4v) is 4.06. The second-order valence-corrected chi connectivity index (χ2v) is 8.01. The van der Waals surface area contributed by atoms with Gasteiger partial charge in [0.05, 0.1) is 12.1 Å². The molecule has 3 heterocycles. The zero-order valence-electron chi connectivity index (χ0n) is 15.6. The molecular formula is C19H24N2O4S. The average molecular weight is 376 g/mol. The Morgan fingerprint density at radius 1 is 1.38 bits per heavy atom. The summed E-state index contributed by atoms with van der Waals surface area (Å²) in [5, 5.41) is 5.91. The topological polar surface area (TPSA) is 72.6 Å². The Balaban J connectivity index is 1.67. The summed E-state index contributed by atoms with van der Waals surface area (Å²) < 4.78 is 10.7. The number of fused-ring (bicyclic) bond motifs is 1. The summed E-state index contributed by atoms with van der Waals surface area (Å²) in [6, 6.07) is 2.06. The number of amides is 1. The molecule has 0 N–H and O–H groups in total. The number of carbonyl (C=O) groups excluding carboxylic acids is 2. The molecule has 1 amide bonds. The van der Waals surface area contributed by atoms with Crippen LogP contribution in [0.5, 0.6) is 0 Å². The second kappa shape index (κ2) is 7.61. The molecule has 6 nitrogen and oxygen atoms in total. The summed E-state index contributed by atoms with van der Waals surface area (Å²) in [5.41, 5.74) is 2.60. The van der Waals surface area contributed by atoms with Crippen molar-refractivity contribution in [3.63, 3.8) is 0 Å². The summed E-state index contributed by atoms with van der Waals surface area (Å²) in [7, 11) is 0. The van der Waals surface area contributed by atoms with Crippen LogP contribution >= 0.6 is 11.3 Å². The minimum Gasteiger partial charge on any atom is -0.452 e. The van der Waals surface area contributed by atoms with E-state index < -0.39 is 12.1 Å². The number of ether oxygens (including phenoxy) is 1. The van der Waals surface area contributed by atoms with Gasteiger partial charge >= 0.3 is 5.97 Å². The quantitative estimate of drug-likeness (QED) is 0.750. The third-order valence-corrected chi connectivity index (χ3v) is 5.75. The first-order valence-electron chi connectivity index (χ1n) is 8.82. The molecule has 0 aliphatic carbocycles. The average Bonchev–Trinajstić information content (AvgIpc) is 3.19. The van der Waals surface area contributed by atoms with Gasteiger partial charge in [-0.15, -0.1) is 11.3 Å². The van der Waals surface area contributed by atoms with Gasteiger partial charge in [-0.1, -0.05) is 19.0 Å². The third kappa shape index (κ3) is 3.82. The highest BCUT2D eigenvalue weighted by Crippen LogP contribution is 2.25. The maximum atomic E-state index is 13.0. The third-order valence-electron chi connectivity index (χ3n) is 4.73. The monoisotopic (exact) mass is 376 g/mol. The van der Waals surface area contributed by atoms with Crippen molar-refractivity contribution in [3.05, 3.63) is 38.9 Å². The summed E-state index contributed by atoms with van der Waals surface area (Å²) in [6.07, 6.45) is 0.145. The van der Waals surface area contributed by atoms with Crippen molar-refractivity contribution < 1.29 is 18.8 Å². The Morgan fingerprint density at radius 2 is 2.15 bits per heavy atom. The normalized spacial score (nSPS) is 15.0. The fraction of sp³-hybridized carbons (Fsp3) is 0.526. The summed E-state index contributed by atoms with van der Waals surface area (Å²) in [5.74, 6) is -0.0449. The van der Waals surface area contributed by atoms with E-state index in [1.54, 1.807) is 30.1 Å². The zero-order chi connectivity index (χ0) is 18.8. The largest absolute Gasteiger partial charge is 0.452 e. The Labute approximate surface area is 157 Å². The zero-order valence-corrected chi connectivity index (χ0v) is 16.4. The van der Waals surface area contributed by atoms with Gasteiger partial charge in [0.1, 0.15) is 5.76 Å². The summed E-state index contributed by atoms with van der Waals surface area (Å²) in [4.78, 5) is 28.5. The molecule has 1 aliphatic rings. The van der Waals surface area contributed by atoms with Gasteiger partial charge in [0.25, 0.3) is 5.91 Å². The fourth-order valence-electron chi connectivity index (χ4n) is 3.17. The van der Waals surface area contributed by atoms with Gasteiger partial charge in [-0.3, -0.25) is 9.59 Å². The lowest BCUT2D eigenvalue weighted by molar-refractivity contribution is -0.163. The lowest BCUT2D eigenvalue weighted by Crippen LogP contribution is -2.45. The molecule has 0 saturated heterocycles. The molecule has 7 heteroatoms. The predicted octanol–water partition coefficient (Wildman–Crippen LogP) is 3.05. The first kappa shape index (κ1) is 18.6. The number of nitrogens with zero attached hydrogens (tertiary/aromatic N) is 2. The van der Waals surface area contributed by atoms with Crippen LogP contribution in [0, 0.1) is 19.8 Å². The maximum absolute atomic E-state index is 13.0. The van der Waals surface area contributed by atoms with E-state index in [1.807, 2.05) is 13.8 Å². The van der Waals surface area contributed by atoms with Crippen molar-refractivity contribution in [2.24, 2.45) is 5.92 Å². The van der Waals surface area contributed by atoms with Crippen LogP contribution in [0.2, 0.25) is 0 Å². The van der Waals surface area contributed by atoms with E-state index in [1.165, 1.54) is 10.4 Å². The van der Waals surface area contributed by atoms with Gasteiger partial charge in [-0.05, 0) is 43.2 Å². The number of aryl methyl sites for hydroxylation is 2. The molecule has 26 heavy (non-hydrogen) atoms. The van der Waals surface area contributed by atoms with Crippen LogP contribution < -0.4 is 0 Å². The van der Waals surface area contributed by atoms with Gasteiger partial charge in [0.2, 0.25) is 0 Å². The highest BCUT2D eigenvalue weighted by atomic mass is 32.1. The summed E-state index contributed by atoms with van der Waals surface area (Å²) in [6.45, 7) is 8.59. The molecule has 0 radical (unpaired) electrons. The number of carbonyl (C=O) groups is 2. The molecule has 0 bridgehead atoms. The molecule has 0 saturated carbocycles. The number of aromatic nitrogens is 1. The van der Waals surface area contributed by atoms with E-state index in [0.717, 1.165) is 12.0 Å².